The van der Waals surface area contributed by atoms with Gasteiger partial charge in [-0.3, -0.25) is 9.69 Å². The largest absolute Gasteiger partial charge is 0.342 e. The lowest BCUT2D eigenvalue weighted by atomic mass is 9.77. The highest BCUT2D eigenvalue weighted by Gasteiger charge is 2.48. The minimum Gasteiger partial charge on any atom is -0.342 e. The molecule has 1 unspecified atom stereocenters. The summed E-state index contributed by atoms with van der Waals surface area (Å²) in [6, 6.07) is 0. The smallest absolute Gasteiger partial charge is 0.230 e. The fraction of sp³-hybridized carbons (Fsp3) is 0.789. The molecule has 1 aromatic rings. The van der Waals surface area contributed by atoms with Gasteiger partial charge in [0, 0.05) is 38.6 Å². The maximum atomic E-state index is 13.2. The second-order valence-electron chi connectivity index (χ2n) is 8.76. The molecule has 134 valence electrons. The highest BCUT2D eigenvalue weighted by atomic mass is 16.2. The third kappa shape index (κ3) is 3.51. The van der Waals surface area contributed by atoms with Crippen molar-refractivity contribution in [3.8, 4) is 0 Å². The van der Waals surface area contributed by atoms with Crippen LogP contribution in [0, 0.1) is 10.8 Å². The Kier molecular flexibility index (Phi) is 4.73. The van der Waals surface area contributed by atoms with E-state index < -0.39 is 0 Å². The van der Waals surface area contributed by atoms with Crippen LogP contribution in [-0.4, -0.2) is 51.4 Å². The van der Waals surface area contributed by atoms with Gasteiger partial charge in [-0.2, -0.15) is 0 Å². The van der Waals surface area contributed by atoms with Crippen molar-refractivity contribution in [2.24, 2.45) is 10.8 Å². The molecule has 1 aromatic heterocycles. The van der Waals surface area contributed by atoms with Crippen LogP contribution in [0.2, 0.25) is 0 Å². The van der Waals surface area contributed by atoms with E-state index in [2.05, 4.69) is 47.0 Å². The normalized spacial score (nSPS) is 25.8. The fourth-order valence-electron chi connectivity index (χ4n) is 4.33. The van der Waals surface area contributed by atoms with Gasteiger partial charge in [-0.05, 0) is 38.1 Å². The summed E-state index contributed by atoms with van der Waals surface area (Å²) in [4.78, 5) is 22.2. The molecule has 0 aliphatic carbocycles. The Morgan fingerprint density at radius 3 is 2.75 bits per heavy atom. The van der Waals surface area contributed by atoms with Crippen molar-refractivity contribution in [3.63, 3.8) is 0 Å². The summed E-state index contributed by atoms with van der Waals surface area (Å²) in [5, 5.41) is 0. The summed E-state index contributed by atoms with van der Waals surface area (Å²) in [5.74, 6) is 1.51. The summed E-state index contributed by atoms with van der Waals surface area (Å²) >= 11 is 0. The van der Waals surface area contributed by atoms with Gasteiger partial charge >= 0.3 is 0 Å². The minimum atomic E-state index is -0.146. The zero-order chi connectivity index (χ0) is 17.4. The van der Waals surface area contributed by atoms with Crippen molar-refractivity contribution in [2.45, 2.75) is 60.0 Å². The van der Waals surface area contributed by atoms with Gasteiger partial charge in [0.2, 0.25) is 5.91 Å². The van der Waals surface area contributed by atoms with Crippen molar-refractivity contribution in [3.05, 3.63) is 18.2 Å². The number of nitrogens with zero attached hydrogens (tertiary/aromatic N) is 4. The van der Waals surface area contributed by atoms with Gasteiger partial charge in [0.05, 0.1) is 12.0 Å². The second kappa shape index (κ2) is 6.51. The Morgan fingerprint density at radius 2 is 2.04 bits per heavy atom. The van der Waals surface area contributed by atoms with E-state index in [1.165, 1.54) is 0 Å². The van der Waals surface area contributed by atoms with Crippen LogP contribution < -0.4 is 0 Å². The summed E-state index contributed by atoms with van der Waals surface area (Å²) in [7, 11) is 0. The van der Waals surface area contributed by atoms with Gasteiger partial charge in [0.1, 0.15) is 5.82 Å². The molecule has 0 saturated carbocycles. The average Bonchev–Trinajstić information content (AvgIpc) is 3.11. The molecule has 3 rings (SSSR count). The molecule has 3 heterocycles. The fourth-order valence-corrected chi connectivity index (χ4v) is 4.33. The Balaban J connectivity index is 1.67. The number of carbonyl (C=O) groups is 1. The second-order valence-corrected chi connectivity index (χ2v) is 8.76. The van der Waals surface area contributed by atoms with Crippen LogP contribution in [0.25, 0.3) is 0 Å². The Bertz CT molecular complexity index is 588. The molecule has 2 aliphatic heterocycles. The predicted octanol–water partition coefficient (Wildman–Crippen LogP) is 2.76. The van der Waals surface area contributed by atoms with Crippen molar-refractivity contribution < 1.29 is 4.79 Å². The highest BCUT2D eigenvalue weighted by Crippen LogP contribution is 2.41. The number of amides is 1. The van der Waals surface area contributed by atoms with Crippen LogP contribution in [0.3, 0.4) is 0 Å². The zero-order valence-corrected chi connectivity index (χ0v) is 15.7. The Labute approximate surface area is 146 Å². The molecular formula is C19H32N4O. The number of hydrogen-bond donors (Lipinski definition) is 0. The van der Waals surface area contributed by atoms with Gasteiger partial charge < -0.3 is 9.47 Å². The third-order valence-corrected chi connectivity index (χ3v) is 5.43. The Morgan fingerprint density at radius 1 is 1.25 bits per heavy atom. The average molecular weight is 332 g/mol. The molecule has 0 bridgehead atoms. The lowest BCUT2D eigenvalue weighted by molar-refractivity contribution is -0.147. The first-order valence-corrected chi connectivity index (χ1v) is 9.35. The zero-order valence-electron chi connectivity index (χ0n) is 15.7. The molecule has 2 saturated heterocycles. The SMILES string of the molecule is CCn1ccnc1CN1CCC2(CCCN(CC(C)(C)C)C2=O)C1. The minimum absolute atomic E-state index is 0.146. The number of aromatic nitrogens is 2. The van der Waals surface area contributed by atoms with Crippen LogP contribution >= 0.6 is 0 Å². The molecule has 24 heavy (non-hydrogen) atoms. The quantitative estimate of drug-likeness (QED) is 0.851. The van der Waals surface area contributed by atoms with Crippen molar-refractivity contribution >= 4 is 5.91 Å². The van der Waals surface area contributed by atoms with E-state index in [0.717, 1.165) is 64.4 Å². The maximum Gasteiger partial charge on any atom is 0.230 e. The lowest BCUT2D eigenvalue weighted by Gasteiger charge is -2.42. The number of aryl methyl sites for hydroxylation is 1. The molecule has 2 aliphatic rings. The number of imidazole rings is 1. The monoisotopic (exact) mass is 332 g/mol. The summed E-state index contributed by atoms with van der Waals surface area (Å²) in [6.45, 7) is 14.3. The van der Waals surface area contributed by atoms with Gasteiger partial charge in [-0.1, -0.05) is 20.8 Å². The first kappa shape index (κ1) is 17.5. The van der Waals surface area contributed by atoms with Crippen molar-refractivity contribution in [1.82, 2.24) is 19.4 Å². The van der Waals surface area contributed by atoms with Gasteiger partial charge in [0.15, 0.2) is 0 Å². The van der Waals surface area contributed by atoms with E-state index in [1.54, 1.807) is 0 Å². The number of rotatable bonds is 4. The molecule has 2 fully saturated rings. The third-order valence-electron chi connectivity index (χ3n) is 5.43. The van der Waals surface area contributed by atoms with E-state index in [4.69, 9.17) is 0 Å². The van der Waals surface area contributed by atoms with Crippen molar-refractivity contribution in [2.75, 3.05) is 26.2 Å². The van der Waals surface area contributed by atoms with E-state index in [9.17, 15) is 4.79 Å². The molecule has 1 atom stereocenters. The molecule has 0 radical (unpaired) electrons. The summed E-state index contributed by atoms with van der Waals surface area (Å²) in [6.07, 6.45) is 7.10. The molecule has 5 nitrogen and oxygen atoms in total. The van der Waals surface area contributed by atoms with E-state index in [0.29, 0.717) is 5.91 Å². The van der Waals surface area contributed by atoms with E-state index >= 15 is 0 Å². The predicted molar refractivity (Wildman–Crippen MR) is 95.5 cm³/mol. The van der Waals surface area contributed by atoms with Crippen LogP contribution in [-0.2, 0) is 17.9 Å². The molecular weight excluding hydrogens is 300 g/mol. The first-order valence-electron chi connectivity index (χ1n) is 9.35. The number of likely N-dealkylation sites (tertiary alicyclic amines) is 2. The molecule has 1 amide bonds. The van der Waals surface area contributed by atoms with Gasteiger partial charge in [0.25, 0.3) is 0 Å². The topological polar surface area (TPSA) is 41.4 Å². The number of hydrogen-bond acceptors (Lipinski definition) is 3. The molecule has 0 aromatic carbocycles. The lowest BCUT2D eigenvalue weighted by Crippen LogP contribution is -2.52. The van der Waals surface area contributed by atoms with Crippen LogP contribution in [0.5, 0.6) is 0 Å². The molecule has 1 spiro atoms. The number of carbonyl (C=O) groups excluding carboxylic acids is 1. The molecule has 5 heteroatoms. The summed E-state index contributed by atoms with van der Waals surface area (Å²) in [5.41, 5.74) is 0.0193. The maximum absolute atomic E-state index is 13.2. The Hall–Kier alpha value is -1.36. The standard InChI is InChI=1S/C19H32N4O/c1-5-22-12-9-20-16(22)13-21-11-8-19(15-21)7-6-10-23(17(19)24)14-18(2,3)4/h9,12H,5-8,10-11,13-15H2,1-4H3. The van der Waals surface area contributed by atoms with Crippen molar-refractivity contribution in [1.29, 1.82) is 0 Å². The highest BCUT2D eigenvalue weighted by molar-refractivity contribution is 5.84. The summed E-state index contributed by atoms with van der Waals surface area (Å²) < 4.78 is 2.19. The molecule has 0 N–H and O–H groups in total. The van der Waals surface area contributed by atoms with Crippen LogP contribution in [0.4, 0.5) is 0 Å². The van der Waals surface area contributed by atoms with Crippen LogP contribution in [0.1, 0.15) is 52.8 Å². The van der Waals surface area contributed by atoms with Crippen LogP contribution in [0.15, 0.2) is 12.4 Å². The van der Waals surface area contributed by atoms with Gasteiger partial charge in [-0.25, -0.2) is 4.98 Å². The van der Waals surface area contributed by atoms with E-state index in [1.807, 2.05) is 12.4 Å². The van der Waals surface area contributed by atoms with E-state index in [-0.39, 0.29) is 10.8 Å². The van der Waals surface area contributed by atoms with Gasteiger partial charge in [-0.15, -0.1) is 0 Å². The first-order chi connectivity index (χ1) is 11.3. The number of piperidine rings is 1.